The van der Waals surface area contributed by atoms with Crippen molar-refractivity contribution in [3.8, 4) is 11.3 Å². The first-order valence-corrected chi connectivity index (χ1v) is 5.43. The Morgan fingerprint density at radius 1 is 0.833 bits per heavy atom. The molecule has 0 aliphatic rings. The molecule has 0 fully saturated rings. The third-order valence-corrected chi connectivity index (χ3v) is 2.69. The van der Waals surface area contributed by atoms with E-state index < -0.39 is 0 Å². The van der Waals surface area contributed by atoms with Gasteiger partial charge in [-0.2, -0.15) is 0 Å². The van der Waals surface area contributed by atoms with Gasteiger partial charge in [-0.1, -0.05) is 42.5 Å². The Bertz CT molecular complexity index is 717. The van der Waals surface area contributed by atoms with Crippen molar-refractivity contribution in [1.29, 1.82) is 0 Å². The minimum Gasteiger partial charge on any atom is -0.456 e. The van der Waals surface area contributed by atoms with Gasteiger partial charge < -0.3 is 4.42 Å². The fourth-order valence-electron chi connectivity index (χ4n) is 1.85. The predicted molar refractivity (Wildman–Crippen MR) is 67.9 cm³/mol. The summed E-state index contributed by atoms with van der Waals surface area (Å²) in [6.45, 7) is 0. The molecule has 0 spiro atoms. The van der Waals surface area contributed by atoms with Crippen molar-refractivity contribution >= 4 is 11.0 Å². The molecule has 0 saturated heterocycles. The Labute approximate surface area is 114 Å². The van der Waals surface area contributed by atoms with Crippen LogP contribution in [0.1, 0.15) is 0 Å². The van der Waals surface area contributed by atoms with Crippen molar-refractivity contribution < 1.29 is 20.9 Å². The first-order chi connectivity index (χ1) is 8.34. The number of para-hydroxylation sites is 1. The molecule has 0 amide bonds. The summed E-state index contributed by atoms with van der Waals surface area (Å²) in [5.41, 5.74) is 1.53. The molecular weight excluding hydrogens is 271 g/mol. The molecule has 0 saturated carbocycles. The summed E-state index contributed by atoms with van der Waals surface area (Å²) in [6, 6.07) is 18.4. The van der Waals surface area contributed by atoms with Crippen molar-refractivity contribution in [1.82, 2.24) is 0 Å². The van der Waals surface area contributed by atoms with Gasteiger partial charge in [0.2, 0.25) is 0 Å². The molecule has 3 aromatic rings. The van der Waals surface area contributed by atoms with E-state index >= 15 is 0 Å². The Hall–Kier alpha value is -1.86. The minimum absolute atomic E-state index is 0. The summed E-state index contributed by atoms with van der Waals surface area (Å²) in [7, 11) is 0. The summed E-state index contributed by atoms with van der Waals surface area (Å²) in [4.78, 5) is 11.9. The molecule has 1 heterocycles. The van der Waals surface area contributed by atoms with Crippen LogP contribution in [-0.4, -0.2) is 0 Å². The largest absolute Gasteiger partial charge is 0.456 e. The zero-order valence-corrected chi connectivity index (χ0v) is 10.4. The molecule has 92 valence electrons. The molecule has 0 aliphatic heterocycles. The molecule has 0 N–H and O–H groups in total. The van der Waals surface area contributed by atoms with Crippen LogP contribution in [0.15, 0.2) is 69.9 Å². The molecule has 18 heavy (non-hydrogen) atoms. The number of rotatable bonds is 1. The van der Waals surface area contributed by atoms with Crippen molar-refractivity contribution in [3.63, 3.8) is 0 Å². The summed E-state index contributed by atoms with van der Waals surface area (Å²) >= 11 is 0. The second-order valence-electron chi connectivity index (χ2n) is 3.84. The standard InChI is InChI=1S/C15H10O2.Ni/c16-13-10-15(11-6-2-1-3-7-11)17-14-9-5-4-8-12(13)14;/h1-10H;. The molecule has 0 radical (unpaired) electrons. The molecule has 3 rings (SSSR count). The summed E-state index contributed by atoms with van der Waals surface area (Å²) < 4.78 is 5.73. The van der Waals surface area contributed by atoms with Crippen LogP contribution in [0.3, 0.4) is 0 Å². The maximum Gasteiger partial charge on any atom is 0.193 e. The van der Waals surface area contributed by atoms with Crippen molar-refractivity contribution in [3.05, 3.63) is 70.9 Å². The van der Waals surface area contributed by atoms with Crippen LogP contribution in [0, 0.1) is 0 Å². The summed E-state index contributed by atoms with van der Waals surface area (Å²) in [5, 5.41) is 0.618. The van der Waals surface area contributed by atoms with Crippen LogP contribution in [0.25, 0.3) is 22.3 Å². The molecular formula is C15H10NiO2. The fourth-order valence-corrected chi connectivity index (χ4v) is 1.85. The number of benzene rings is 2. The monoisotopic (exact) mass is 280 g/mol. The predicted octanol–water partition coefficient (Wildman–Crippen LogP) is 3.46. The Morgan fingerprint density at radius 2 is 1.50 bits per heavy atom. The van der Waals surface area contributed by atoms with E-state index in [1.54, 1.807) is 6.07 Å². The van der Waals surface area contributed by atoms with Gasteiger partial charge in [-0.25, -0.2) is 0 Å². The maximum absolute atomic E-state index is 11.9. The quantitative estimate of drug-likeness (QED) is 0.639. The van der Waals surface area contributed by atoms with E-state index in [0.29, 0.717) is 16.7 Å². The van der Waals surface area contributed by atoms with Gasteiger partial charge in [-0.15, -0.1) is 0 Å². The summed E-state index contributed by atoms with van der Waals surface area (Å²) in [6.07, 6.45) is 0. The normalized spacial score (nSPS) is 10.0. The molecule has 0 atom stereocenters. The SMILES string of the molecule is O=c1cc(-c2ccccc2)oc2ccccc12.[Ni]. The fraction of sp³-hybridized carbons (Fsp3) is 0. The first kappa shape index (κ1) is 12.6. The van der Waals surface area contributed by atoms with Gasteiger partial charge in [-0.3, -0.25) is 4.79 Å². The second-order valence-corrected chi connectivity index (χ2v) is 3.84. The van der Waals surface area contributed by atoms with Crippen molar-refractivity contribution in [2.75, 3.05) is 0 Å². The third-order valence-electron chi connectivity index (χ3n) is 2.69. The topological polar surface area (TPSA) is 30.2 Å². The van der Waals surface area contributed by atoms with Crippen LogP contribution in [0.4, 0.5) is 0 Å². The second kappa shape index (κ2) is 5.20. The van der Waals surface area contributed by atoms with E-state index in [-0.39, 0.29) is 21.9 Å². The number of fused-ring (bicyclic) bond motifs is 1. The minimum atomic E-state index is -0.00861. The Morgan fingerprint density at radius 3 is 2.28 bits per heavy atom. The van der Waals surface area contributed by atoms with Gasteiger partial charge in [-0.05, 0) is 12.1 Å². The molecule has 0 aliphatic carbocycles. The Kier molecular flexibility index (Phi) is 3.64. The van der Waals surface area contributed by atoms with Gasteiger partial charge in [0.05, 0.1) is 5.39 Å². The number of hydrogen-bond donors (Lipinski definition) is 0. The smallest absolute Gasteiger partial charge is 0.193 e. The summed E-state index contributed by atoms with van der Waals surface area (Å²) in [5.74, 6) is 0.606. The first-order valence-electron chi connectivity index (χ1n) is 5.43. The van der Waals surface area contributed by atoms with Gasteiger partial charge in [0, 0.05) is 28.1 Å². The zero-order chi connectivity index (χ0) is 11.7. The van der Waals surface area contributed by atoms with E-state index in [0.717, 1.165) is 5.56 Å². The van der Waals surface area contributed by atoms with Crippen LogP contribution in [0.5, 0.6) is 0 Å². The van der Waals surface area contributed by atoms with E-state index in [9.17, 15) is 4.79 Å². The van der Waals surface area contributed by atoms with Crippen LogP contribution in [-0.2, 0) is 16.5 Å². The van der Waals surface area contributed by atoms with Gasteiger partial charge in [0.1, 0.15) is 11.3 Å². The maximum atomic E-state index is 11.9. The zero-order valence-electron chi connectivity index (χ0n) is 9.41. The molecule has 2 aromatic carbocycles. The van der Waals surface area contributed by atoms with Gasteiger partial charge >= 0.3 is 0 Å². The average Bonchev–Trinajstić information content (AvgIpc) is 2.40. The van der Waals surface area contributed by atoms with Gasteiger partial charge in [0.25, 0.3) is 0 Å². The van der Waals surface area contributed by atoms with Crippen molar-refractivity contribution in [2.24, 2.45) is 0 Å². The average molecular weight is 281 g/mol. The van der Waals surface area contributed by atoms with Crippen molar-refractivity contribution in [2.45, 2.75) is 0 Å². The molecule has 0 unspecified atom stereocenters. The number of hydrogen-bond acceptors (Lipinski definition) is 2. The molecule has 0 bridgehead atoms. The van der Waals surface area contributed by atoms with E-state index in [4.69, 9.17) is 4.42 Å². The molecule has 2 nitrogen and oxygen atoms in total. The third kappa shape index (κ3) is 2.22. The van der Waals surface area contributed by atoms with Crippen LogP contribution < -0.4 is 5.43 Å². The van der Waals surface area contributed by atoms with Crippen LogP contribution >= 0.6 is 0 Å². The van der Waals surface area contributed by atoms with Crippen LogP contribution in [0.2, 0.25) is 0 Å². The van der Waals surface area contributed by atoms with E-state index in [1.807, 2.05) is 48.5 Å². The van der Waals surface area contributed by atoms with Gasteiger partial charge in [0.15, 0.2) is 5.43 Å². The Balaban J connectivity index is 0.00000120. The van der Waals surface area contributed by atoms with E-state index in [1.165, 1.54) is 6.07 Å². The van der Waals surface area contributed by atoms with E-state index in [2.05, 4.69) is 0 Å². The molecule has 3 heteroatoms. The molecule has 1 aromatic heterocycles.